The number of hydrogen-bond donors (Lipinski definition) is 1. The molecule has 0 bridgehead atoms. The largest absolute Gasteiger partial charge is 0.481 e. The summed E-state index contributed by atoms with van der Waals surface area (Å²) in [5.41, 5.74) is 3.03. The van der Waals surface area contributed by atoms with Gasteiger partial charge >= 0.3 is 5.97 Å². The molecule has 0 fully saturated rings. The van der Waals surface area contributed by atoms with Gasteiger partial charge < -0.3 is 5.11 Å². The van der Waals surface area contributed by atoms with Gasteiger partial charge in [0.25, 0.3) is 0 Å². The SMILES string of the molecule is CC1=C(C(C)C(=O)O)c2cc(F)c(F)cc2C1=Cc1ccc(S(C)(=O)=O)cc1. The van der Waals surface area contributed by atoms with E-state index < -0.39 is 33.4 Å². The minimum Gasteiger partial charge on any atom is -0.481 e. The zero-order valence-corrected chi connectivity index (χ0v) is 16.3. The van der Waals surface area contributed by atoms with E-state index in [1.807, 2.05) is 0 Å². The number of sulfone groups is 1. The van der Waals surface area contributed by atoms with Crippen LogP contribution in [0.4, 0.5) is 8.78 Å². The van der Waals surface area contributed by atoms with Crippen LogP contribution in [0.2, 0.25) is 0 Å². The van der Waals surface area contributed by atoms with Crippen LogP contribution in [0, 0.1) is 17.6 Å². The van der Waals surface area contributed by atoms with Crippen molar-refractivity contribution in [3.63, 3.8) is 0 Å². The summed E-state index contributed by atoms with van der Waals surface area (Å²) in [7, 11) is -3.33. The third kappa shape index (κ3) is 3.49. The molecule has 0 aliphatic heterocycles. The molecule has 0 amide bonds. The Morgan fingerprint density at radius 2 is 1.61 bits per heavy atom. The minimum atomic E-state index is -3.33. The Kier molecular flexibility index (Phi) is 4.97. The molecule has 3 rings (SSSR count). The first-order valence-corrected chi connectivity index (χ1v) is 10.4. The highest BCUT2D eigenvalue weighted by atomic mass is 32.2. The lowest BCUT2D eigenvalue weighted by Crippen LogP contribution is -2.11. The number of allylic oxidation sites excluding steroid dienone is 2. The van der Waals surface area contributed by atoms with Crippen LogP contribution in [0.5, 0.6) is 0 Å². The van der Waals surface area contributed by atoms with E-state index in [0.29, 0.717) is 33.4 Å². The highest BCUT2D eigenvalue weighted by Gasteiger charge is 2.31. The average molecular weight is 404 g/mol. The molecular formula is C21H18F2O4S. The number of fused-ring (bicyclic) bond motifs is 1. The number of carbonyl (C=O) groups is 1. The number of carboxylic acids is 1. The zero-order valence-electron chi connectivity index (χ0n) is 15.5. The fraction of sp³-hybridized carbons (Fsp3) is 0.190. The van der Waals surface area contributed by atoms with Gasteiger partial charge in [-0.1, -0.05) is 12.1 Å². The Labute approximate surface area is 161 Å². The summed E-state index contributed by atoms with van der Waals surface area (Å²) in [6.07, 6.45) is 2.82. The van der Waals surface area contributed by atoms with Gasteiger partial charge in [-0.05, 0) is 77.6 Å². The first kappa shape index (κ1) is 19.9. The third-order valence-corrected chi connectivity index (χ3v) is 6.00. The molecule has 0 saturated carbocycles. The van der Waals surface area contributed by atoms with Crippen molar-refractivity contribution in [3.8, 4) is 0 Å². The first-order chi connectivity index (χ1) is 13.0. The lowest BCUT2D eigenvalue weighted by Gasteiger charge is -2.11. The second-order valence-corrected chi connectivity index (χ2v) is 8.83. The monoisotopic (exact) mass is 404 g/mol. The van der Waals surface area contributed by atoms with Gasteiger partial charge in [0, 0.05) is 6.26 Å². The van der Waals surface area contributed by atoms with E-state index in [9.17, 15) is 27.1 Å². The lowest BCUT2D eigenvalue weighted by molar-refractivity contribution is -0.139. The minimum absolute atomic E-state index is 0.169. The molecule has 1 aliphatic rings. The number of halogens is 2. The maximum absolute atomic E-state index is 13.9. The van der Waals surface area contributed by atoms with Crippen LogP contribution in [0.3, 0.4) is 0 Å². The molecule has 0 heterocycles. The van der Waals surface area contributed by atoms with Gasteiger partial charge in [0.1, 0.15) is 0 Å². The highest BCUT2D eigenvalue weighted by Crippen LogP contribution is 2.46. The van der Waals surface area contributed by atoms with Crippen molar-refractivity contribution < 1.29 is 27.1 Å². The van der Waals surface area contributed by atoms with Gasteiger partial charge in [0.05, 0.1) is 10.8 Å². The van der Waals surface area contributed by atoms with Crippen molar-refractivity contribution in [2.75, 3.05) is 6.26 Å². The number of hydrogen-bond acceptors (Lipinski definition) is 3. The molecule has 0 aromatic heterocycles. The van der Waals surface area contributed by atoms with Gasteiger partial charge in [-0.15, -0.1) is 0 Å². The Hall–Kier alpha value is -2.80. The van der Waals surface area contributed by atoms with E-state index in [1.165, 1.54) is 19.1 Å². The zero-order chi connectivity index (χ0) is 20.8. The highest BCUT2D eigenvalue weighted by molar-refractivity contribution is 7.90. The lowest BCUT2D eigenvalue weighted by atomic mass is 9.93. The molecule has 1 unspecified atom stereocenters. The van der Waals surface area contributed by atoms with Crippen LogP contribution in [0.1, 0.15) is 30.5 Å². The topological polar surface area (TPSA) is 71.4 Å². The van der Waals surface area contributed by atoms with E-state index in [4.69, 9.17) is 0 Å². The summed E-state index contributed by atoms with van der Waals surface area (Å²) in [6, 6.07) is 8.22. The van der Waals surface area contributed by atoms with Crippen LogP contribution >= 0.6 is 0 Å². The van der Waals surface area contributed by atoms with Gasteiger partial charge in [-0.25, -0.2) is 17.2 Å². The van der Waals surface area contributed by atoms with Crippen molar-refractivity contribution in [3.05, 3.63) is 70.3 Å². The summed E-state index contributed by atoms with van der Waals surface area (Å²) in [6.45, 7) is 3.21. The molecule has 28 heavy (non-hydrogen) atoms. The molecule has 4 nitrogen and oxygen atoms in total. The fourth-order valence-electron chi connectivity index (χ4n) is 3.39. The third-order valence-electron chi connectivity index (χ3n) is 4.87. The number of carboxylic acid groups (broad SMARTS) is 1. The van der Waals surface area contributed by atoms with E-state index in [1.54, 1.807) is 25.1 Å². The van der Waals surface area contributed by atoms with E-state index >= 15 is 0 Å². The summed E-state index contributed by atoms with van der Waals surface area (Å²) >= 11 is 0. The standard InChI is InChI=1S/C21H18F2O4S/c1-11-15(8-13-4-6-14(7-5-13)28(3,26)27)16-9-18(22)19(23)10-17(16)20(11)12(2)21(24)25/h4-10,12H,1-3H3,(H,24,25). The first-order valence-electron chi connectivity index (χ1n) is 8.46. The number of aliphatic carboxylic acids is 1. The molecule has 1 N–H and O–H groups in total. The van der Waals surface area contributed by atoms with Gasteiger partial charge in [-0.3, -0.25) is 4.79 Å². The smallest absolute Gasteiger partial charge is 0.310 e. The van der Waals surface area contributed by atoms with E-state index in [-0.39, 0.29) is 4.90 Å². The normalized spacial score (nSPS) is 16.4. The number of benzene rings is 2. The molecular weight excluding hydrogens is 386 g/mol. The Bertz CT molecular complexity index is 1140. The van der Waals surface area contributed by atoms with Gasteiger partial charge in [-0.2, -0.15) is 0 Å². The van der Waals surface area contributed by atoms with Crippen LogP contribution in [-0.4, -0.2) is 25.7 Å². The van der Waals surface area contributed by atoms with Crippen molar-refractivity contribution in [2.24, 2.45) is 5.92 Å². The van der Waals surface area contributed by atoms with E-state index in [0.717, 1.165) is 18.4 Å². The summed E-state index contributed by atoms with van der Waals surface area (Å²) in [4.78, 5) is 11.7. The Morgan fingerprint density at radius 1 is 1.07 bits per heavy atom. The van der Waals surface area contributed by atoms with Crippen LogP contribution < -0.4 is 0 Å². The molecule has 0 spiro atoms. The van der Waals surface area contributed by atoms with Crippen LogP contribution in [0.25, 0.3) is 17.2 Å². The van der Waals surface area contributed by atoms with E-state index in [2.05, 4.69) is 0 Å². The van der Waals surface area contributed by atoms with Crippen LogP contribution in [-0.2, 0) is 14.6 Å². The molecule has 2 aromatic rings. The predicted octanol–water partition coefficient (Wildman–Crippen LogP) is 4.42. The Balaban J connectivity index is 2.19. The molecule has 2 aromatic carbocycles. The van der Waals surface area contributed by atoms with Crippen molar-refractivity contribution in [1.82, 2.24) is 0 Å². The quantitative estimate of drug-likeness (QED) is 0.819. The van der Waals surface area contributed by atoms with Gasteiger partial charge in [0.2, 0.25) is 0 Å². The number of rotatable bonds is 4. The van der Waals surface area contributed by atoms with Gasteiger partial charge in [0.15, 0.2) is 21.5 Å². The van der Waals surface area contributed by atoms with Crippen molar-refractivity contribution in [2.45, 2.75) is 18.7 Å². The second kappa shape index (κ2) is 6.98. The molecule has 0 saturated heterocycles. The van der Waals surface area contributed by atoms with Crippen LogP contribution in [0.15, 0.2) is 46.9 Å². The predicted molar refractivity (Wildman–Crippen MR) is 103 cm³/mol. The molecule has 0 radical (unpaired) electrons. The summed E-state index contributed by atoms with van der Waals surface area (Å²) < 4.78 is 50.9. The average Bonchev–Trinajstić information content (AvgIpc) is 2.86. The molecule has 1 atom stereocenters. The maximum atomic E-state index is 13.9. The maximum Gasteiger partial charge on any atom is 0.310 e. The van der Waals surface area contributed by atoms with Crippen molar-refractivity contribution >= 4 is 33.0 Å². The molecule has 7 heteroatoms. The summed E-state index contributed by atoms with van der Waals surface area (Å²) in [5, 5.41) is 9.41. The molecule has 1 aliphatic carbocycles. The second-order valence-electron chi connectivity index (χ2n) is 6.81. The fourth-order valence-corrected chi connectivity index (χ4v) is 4.02. The molecule has 146 valence electrons. The summed E-state index contributed by atoms with van der Waals surface area (Å²) in [5.74, 6) is -4.03. The Morgan fingerprint density at radius 3 is 2.11 bits per heavy atom. The van der Waals surface area contributed by atoms with Crippen molar-refractivity contribution in [1.29, 1.82) is 0 Å².